The molecule has 2 unspecified atom stereocenters. The van der Waals surface area contributed by atoms with Crippen LogP contribution >= 0.6 is 0 Å². The van der Waals surface area contributed by atoms with Crippen molar-refractivity contribution in [1.82, 2.24) is 0 Å². The molecule has 1 fully saturated rings. The molecule has 0 saturated heterocycles. The van der Waals surface area contributed by atoms with Crippen LogP contribution in [0.5, 0.6) is 0 Å². The molecule has 0 aromatic heterocycles. The lowest BCUT2D eigenvalue weighted by atomic mass is 9.87. The monoisotopic (exact) mass is 234 g/mol. The fraction of sp³-hybridized carbons (Fsp3) is 0.538. The van der Waals surface area contributed by atoms with Crippen LogP contribution in [0.15, 0.2) is 24.3 Å². The summed E-state index contributed by atoms with van der Waals surface area (Å²) < 4.78 is 0. The van der Waals surface area contributed by atoms with E-state index in [1.165, 1.54) is 25.7 Å². The number of rotatable bonds is 3. The molecule has 1 aliphatic carbocycles. The van der Waals surface area contributed by atoms with Gasteiger partial charge in [0.15, 0.2) is 0 Å². The molecule has 2 rings (SSSR count). The molecule has 4 nitrogen and oxygen atoms in total. The Morgan fingerprint density at radius 1 is 1.29 bits per heavy atom. The highest BCUT2D eigenvalue weighted by atomic mass is 16.6. The van der Waals surface area contributed by atoms with Crippen molar-refractivity contribution in [3.63, 3.8) is 0 Å². The lowest BCUT2D eigenvalue weighted by Gasteiger charge is -2.28. The maximum absolute atomic E-state index is 10.5. The van der Waals surface area contributed by atoms with E-state index < -0.39 is 0 Å². The smallest absolute Gasteiger partial charge is 0.269 e. The Bertz CT molecular complexity index is 389. The minimum Gasteiger partial charge on any atom is -0.382 e. The van der Waals surface area contributed by atoms with Crippen LogP contribution in [0.4, 0.5) is 11.4 Å². The van der Waals surface area contributed by atoms with Crippen molar-refractivity contribution in [2.75, 3.05) is 5.32 Å². The number of hydrogen-bond donors (Lipinski definition) is 1. The van der Waals surface area contributed by atoms with Crippen LogP contribution in [0, 0.1) is 16.0 Å². The Balaban J connectivity index is 1.96. The minimum absolute atomic E-state index is 0.146. The fourth-order valence-electron chi connectivity index (χ4n) is 2.48. The third kappa shape index (κ3) is 3.19. The summed E-state index contributed by atoms with van der Waals surface area (Å²) in [4.78, 5) is 10.2. The maximum atomic E-state index is 10.5. The number of non-ortho nitro benzene ring substituents is 1. The number of nitrogens with one attached hydrogen (secondary N) is 1. The molecule has 1 aliphatic rings. The predicted molar refractivity (Wildman–Crippen MR) is 68.1 cm³/mol. The predicted octanol–water partition coefficient (Wildman–Crippen LogP) is 3.59. The van der Waals surface area contributed by atoms with Crippen molar-refractivity contribution in [3.8, 4) is 0 Å². The quantitative estimate of drug-likeness (QED) is 0.642. The first-order valence-electron chi connectivity index (χ1n) is 6.16. The normalized spacial score (nSPS) is 24.3. The highest BCUT2D eigenvalue weighted by Crippen LogP contribution is 2.26. The zero-order chi connectivity index (χ0) is 12.3. The summed E-state index contributed by atoms with van der Waals surface area (Å²) in [6, 6.07) is 7.19. The van der Waals surface area contributed by atoms with Gasteiger partial charge in [-0.2, -0.15) is 0 Å². The van der Waals surface area contributed by atoms with Crippen molar-refractivity contribution in [1.29, 1.82) is 0 Å². The molecule has 0 aliphatic heterocycles. The largest absolute Gasteiger partial charge is 0.382 e. The van der Waals surface area contributed by atoms with Gasteiger partial charge < -0.3 is 5.32 Å². The Kier molecular flexibility index (Phi) is 3.61. The topological polar surface area (TPSA) is 55.2 Å². The fourth-order valence-corrected chi connectivity index (χ4v) is 2.48. The van der Waals surface area contributed by atoms with Gasteiger partial charge in [-0.25, -0.2) is 0 Å². The Hall–Kier alpha value is -1.58. The summed E-state index contributed by atoms with van der Waals surface area (Å²) in [5, 5.41) is 14.0. The van der Waals surface area contributed by atoms with E-state index in [-0.39, 0.29) is 10.6 Å². The third-order valence-corrected chi connectivity index (χ3v) is 3.39. The van der Waals surface area contributed by atoms with Gasteiger partial charge in [0.05, 0.1) is 4.92 Å². The van der Waals surface area contributed by atoms with Gasteiger partial charge >= 0.3 is 0 Å². The summed E-state index contributed by atoms with van der Waals surface area (Å²) in [6.07, 6.45) is 4.97. The first kappa shape index (κ1) is 11.9. The standard InChI is InChI=1S/C13H18N2O2/c1-10-3-2-4-12(9-10)14-11-5-7-13(8-6-11)15(16)17/h5-8,10,12,14H,2-4,9H2,1H3. The second-order valence-corrected chi connectivity index (χ2v) is 4.92. The average Bonchev–Trinajstić information content (AvgIpc) is 2.29. The molecule has 0 amide bonds. The summed E-state index contributed by atoms with van der Waals surface area (Å²) in [5.74, 6) is 0.777. The van der Waals surface area contributed by atoms with Crippen molar-refractivity contribution >= 4 is 11.4 Å². The van der Waals surface area contributed by atoms with Crippen molar-refractivity contribution in [2.45, 2.75) is 38.6 Å². The number of hydrogen-bond acceptors (Lipinski definition) is 3. The number of benzene rings is 1. The van der Waals surface area contributed by atoms with Crippen LogP contribution < -0.4 is 5.32 Å². The van der Waals surface area contributed by atoms with E-state index >= 15 is 0 Å². The van der Waals surface area contributed by atoms with Crippen LogP contribution in [-0.2, 0) is 0 Å². The van der Waals surface area contributed by atoms with Crippen molar-refractivity contribution in [3.05, 3.63) is 34.4 Å². The second kappa shape index (κ2) is 5.17. The molecule has 2 atom stereocenters. The number of nitro groups is 1. The van der Waals surface area contributed by atoms with Gasteiger partial charge in [-0.05, 0) is 30.9 Å². The van der Waals surface area contributed by atoms with Gasteiger partial charge in [0, 0.05) is 23.9 Å². The summed E-state index contributed by atoms with van der Waals surface area (Å²) in [6.45, 7) is 2.28. The molecule has 0 radical (unpaired) electrons. The molecule has 1 aromatic rings. The molecule has 4 heteroatoms. The molecular weight excluding hydrogens is 216 g/mol. The molecule has 0 bridgehead atoms. The van der Waals surface area contributed by atoms with E-state index in [0.29, 0.717) is 6.04 Å². The van der Waals surface area contributed by atoms with Crippen LogP contribution in [-0.4, -0.2) is 11.0 Å². The molecule has 92 valence electrons. The van der Waals surface area contributed by atoms with Gasteiger partial charge in [0.25, 0.3) is 5.69 Å². The molecule has 1 aromatic carbocycles. The summed E-state index contributed by atoms with van der Waals surface area (Å²) >= 11 is 0. The average molecular weight is 234 g/mol. The van der Waals surface area contributed by atoms with Crippen LogP contribution in [0.25, 0.3) is 0 Å². The number of nitrogens with zero attached hydrogens (tertiary/aromatic N) is 1. The molecule has 0 spiro atoms. The van der Waals surface area contributed by atoms with Crippen molar-refractivity contribution < 1.29 is 4.92 Å². The SMILES string of the molecule is CC1CCCC(Nc2ccc([N+](=O)[O-])cc2)C1. The lowest BCUT2D eigenvalue weighted by molar-refractivity contribution is -0.384. The van der Waals surface area contributed by atoms with Crippen molar-refractivity contribution in [2.24, 2.45) is 5.92 Å². The Morgan fingerprint density at radius 3 is 2.59 bits per heavy atom. The molecule has 1 saturated carbocycles. The lowest BCUT2D eigenvalue weighted by Crippen LogP contribution is -2.26. The zero-order valence-corrected chi connectivity index (χ0v) is 10.1. The summed E-state index contributed by atoms with van der Waals surface area (Å²) in [7, 11) is 0. The second-order valence-electron chi connectivity index (χ2n) is 4.92. The van der Waals surface area contributed by atoms with E-state index in [1.54, 1.807) is 24.3 Å². The van der Waals surface area contributed by atoms with Crippen LogP contribution in [0.3, 0.4) is 0 Å². The van der Waals surface area contributed by atoms with Gasteiger partial charge in [-0.3, -0.25) is 10.1 Å². The molecule has 1 N–H and O–H groups in total. The van der Waals surface area contributed by atoms with E-state index in [1.807, 2.05) is 0 Å². The van der Waals surface area contributed by atoms with Crippen LogP contribution in [0.2, 0.25) is 0 Å². The summed E-state index contributed by atoms with van der Waals surface area (Å²) in [5.41, 5.74) is 1.13. The molecular formula is C13H18N2O2. The van der Waals surface area contributed by atoms with Gasteiger partial charge in [-0.15, -0.1) is 0 Å². The van der Waals surface area contributed by atoms with Gasteiger partial charge in [-0.1, -0.05) is 19.8 Å². The number of anilines is 1. The highest BCUT2D eigenvalue weighted by molar-refractivity contribution is 5.49. The van der Waals surface area contributed by atoms with Gasteiger partial charge in [0.1, 0.15) is 0 Å². The first-order valence-corrected chi connectivity index (χ1v) is 6.16. The Morgan fingerprint density at radius 2 is 2.00 bits per heavy atom. The number of nitro benzene ring substituents is 1. The van der Waals surface area contributed by atoms with E-state index in [2.05, 4.69) is 12.2 Å². The van der Waals surface area contributed by atoms with E-state index in [0.717, 1.165) is 11.6 Å². The molecule has 0 heterocycles. The first-order chi connectivity index (χ1) is 8.15. The minimum atomic E-state index is -0.369. The Labute approximate surface area is 101 Å². The molecule has 17 heavy (non-hydrogen) atoms. The van der Waals surface area contributed by atoms with Gasteiger partial charge in [0.2, 0.25) is 0 Å². The van der Waals surface area contributed by atoms with Crippen LogP contribution in [0.1, 0.15) is 32.6 Å². The van der Waals surface area contributed by atoms with E-state index in [9.17, 15) is 10.1 Å². The zero-order valence-electron chi connectivity index (χ0n) is 10.1. The van der Waals surface area contributed by atoms with E-state index in [4.69, 9.17) is 0 Å². The maximum Gasteiger partial charge on any atom is 0.269 e. The highest BCUT2D eigenvalue weighted by Gasteiger charge is 2.18. The third-order valence-electron chi connectivity index (χ3n) is 3.39.